The Morgan fingerprint density at radius 2 is 1.44 bits per heavy atom. The summed E-state index contributed by atoms with van der Waals surface area (Å²) in [7, 11) is 0. The summed E-state index contributed by atoms with van der Waals surface area (Å²) in [5.74, 6) is 1.32. The Hall–Kier alpha value is -0.900. The first-order chi connectivity index (χ1) is 16.7. The molecule has 0 aliphatic heterocycles. The molecule has 0 bridgehead atoms. The van der Waals surface area contributed by atoms with Crippen LogP contribution in [-0.4, -0.2) is 32.6 Å². The molecule has 0 aromatic rings. The molecular formula is C33H58O3. The highest BCUT2D eigenvalue weighted by Crippen LogP contribution is 2.46. The van der Waals surface area contributed by atoms with Crippen molar-refractivity contribution in [1.29, 1.82) is 0 Å². The van der Waals surface area contributed by atoms with E-state index in [4.69, 9.17) is 0 Å². The smallest absolute Gasteiger partial charge is 0.0787 e. The van der Waals surface area contributed by atoms with E-state index in [-0.39, 0.29) is 6.10 Å². The lowest BCUT2D eigenvalue weighted by Gasteiger charge is -2.41. The Bertz CT molecular complexity index is 724. The van der Waals surface area contributed by atoms with Crippen LogP contribution < -0.4 is 0 Å². The largest absolute Gasteiger partial charge is 0.390 e. The van der Waals surface area contributed by atoms with Crippen molar-refractivity contribution in [3.05, 3.63) is 35.5 Å². The Morgan fingerprint density at radius 1 is 0.889 bits per heavy atom. The van der Waals surface area contributed by atoms with Crippen molar-refractivity contribution < 1.29 is 15.3 Å². The van der Waals surface area contributed by atoms with Gasteiger partial charge in [0.15, 0.2) is 0 Å². The average molecular weight is 503 g/mol. The van der Waals surface area contributed by atoms with Crippen LogP contribution in [0.1, 0.15) is 138 Å². The predicted molar refractivity (Wildman–Crippen MR) is 154 cm³/mol. The maximum Gasteiger partial charge on any atom is 0.0787 e. The first-order valence-electron chi connectivity index (χ1n) is 14.9. The van der Waals surface area contributed by atoms with E-state index >= 15 is 0 Å². The van der Waals surface area contributed by atoms with Gasteiger partial charge in [-0.15, -0.1) is 0 Å². The molecule has 2 unspecified atom stereocenters. The fraction of sp³-hybridized carbons (Fsp3) is 0.818. The molecule has 0 aromatic heterocycles. The summed E-state index contributed by atoms with van der Waals surface area (Å²) in [6.45, 7) is 16.8. The van der Waals surface area contributed by atoms with Crippen LogP contribution in [0.3, 0.4) is 0 Å². The fourth-order valence-electron chi connectivity index (χ4n) is 6.65. The van der Waals surface area contributed by atoms with Crippen molar-refractivity contribution >= 4 is 0 Å². The van der Waals surface area contributed by atoms with Gasteiger partial charge >= 0.3 is 0 Å². The van der Waals surface area contributed by atoms with Crippen molar-refractivity contribution in [2.24, 2.45) is 17.3 Å². The molecule has 0 heterocycles. The fourth-order valence-corrected chi connectivity index (χ4v) is 6.65. The van der Waals surface area contributed by atoms with Crippen LogP contribution in [0.4, 0.5) is 0 Å². The summed E-state index contributed by atoms with van der Waals surface area (Å²) in [6.07, 6.45) is 20.6. The zero-order valence-corrected chi connectivity index (χ0v) is 24.5. The van der Waals surface area contributed by atoms with E-state index in [2.05, 4.69) is 32.6 Å². The number of aliphatic hydroxyl groups excluding tert-OH is 1. The zero-order chi connectivity index (χ0) is 27.0. The Labute approximate surface area is 223 Å². The minimum absolute atomic E-state index is 0.295. The maximum absolute atomic E-state index is 10.3. The standard InChI is InChI=1S/C33H58O3/c1-25-27(15-9-19-30(25)34)21-20-26-13-8-18-29(31(2,3)22-10-14-26)28(16-11-23-32(4,5)35)17-12-24-33(6,7)36/h20-21,28-30,34-36H,1,8-19,22-24H2,2-7H3/b26-20-,27-21-. The summed E-state index contributed by atoms with van der Waals surface area (Å²) in [5, 5.41) is 30.7. The van der Waals surface area contributed by atoms with Gasteiger partial charge in [0.05, 0.1) is 17.3 Å². The molecule has 2 fully saturated rings. The first-order valence-corrected chi connectivity index (χ1v) is 14.9. The van der Waals surface area contributed by atoms with Crippen LogP contribution in [-0.2, 0) is 0 Å². The summed E-state index contributed by atoms with van der Waals surface area (Å²) >= 11 is 0. The summed E-state index contributed by atoms with van der Waals surface area (Å²) < 4.78 is 0. The van der Waals surface area contributed by atoms with E-state index in [1.54, 1.807) is 5.57 Å². The quantitative estimate of drug-likeness (QED) is 0.281. The topological polar surface area (TPSA) is 60.7 Å². The number of rotatable bonds is 10. The molecule has 0 saturated heterocycles. The van der Waals surface area contributed by atoms with Crippen molar-refractivity contribution in [3.8, 4) is 0 Å². The van der Waals surface area contributed by atoms with Crippen LogP contribution in [0.25, 0.3) is 0 Å². The molecule has 2 aliphatic carbocycles. The molecule has 208 valence electrons. The monoisotopic (exact) mass is 502 g/mol. The van der Waals surface area contributed by atoms with E-state index in [1.165, 1.54) is 44.1 Å². The second kappa shape index (κ2) is 13.8. The normalized spacial score (nSPS) is 26.8. The van der Waals surface area contributed by atoms with Crippen molar-refractivity contribution in [2.75, 3.05) is 0 Å². The molecule has 0 spiro atoms. The summed E-state index contributed by atoms with van der Waals surface area (Å²) in [5.41, 5.74) is 2.80. The molecule has 2 saturated carbocycles. The third-order valence-electron chi connectivity index (χ3n) is 8.89. The van der Waals surface area contributed by atoms with Crippen molar-refractivity contribution in [2.45, 2.75) is 155 Å². The molecular weight excluding hydrogens is 444 g/mol. The van der Waals surface area contributed by atoms with Gasteiger partial charge in [0, 0.05) is 0 Å². The van der Waals surface area contributed by atoms with Crippen LogP contribution in [0.5, 0.6) is 0 Å². The second-order valence-electron chi connectivity index (χ2n) is 14.0. The number of hydrogen-bond acceptors (Lipinski definition) is 3. The van der Waals surface area contributed by atoms with E-state index < -0.39 is 11.2 Å². The third-order valence-corrected chi connectivity index (χ3v) is 8.89. The third kappa shape index (κ3) is 11.2. The van der Waals surface area contributed by atoms with Crippen LogP contribution in [0, 0.1) is 17.3 Å². The van der Waals surface area contributed by atoms with Gasteiger partial charge in [-0.25, -0.2) is 0 Å². The molecule has 0 radical (unpaired) electrons. The lowest BCUT2D eigenvalue weighted by Crippen LogP contribution is -2.32. The van der Waals surface area contributed by atoms with Gasteiger partial charge in [0.2, 0.25) is 0 Å². The van der Waals surface area contributed by atoms with Gasteiger partial charge in [0.1, 0.15) is 0 Å². The summed E-state index contributed by atoms with van der Waals surface area (Å²) in [6, 6.07) is 0. The molecule has 2 aliphatic rings. The molecule has 0 amide bonds. The lowest BCUT2D eigenvalue weighted by molar-refractivity contribution is 0.0505. The molecule has 2 rings (SSSR count). The maximum atomic E-state index is 10.3. The SMILES string of the molecule is C=C1/C(=C\C=C2\CCCC(C(CCCC(C)(C)O)CCCC(C)(C)O)C(C)(C)CCC2)CCCC1O. The lowest BCUT2D eigenvalue weighted by atomic mass is 9.65. The Balaban J connectivity index is 2.12. The van der Waals surface area contributed by atoms with Gasteiger partial charge in [-0.3, -0.25) is 0 Å². The highest BCUT2D eigenvalue weighted by Gasteiger charge is 2.35. The Kier molecular flexibility index (Phi) is 12.0. The van der Waals surface area contributed by atoms with E-state index in [9.17, 15) is 15.3 Å². The van der Waals surface area contributed by atoms with Crippen LogP contribution in [0.15, 0.2) is 35.5 Å². The number of aliphatic hydroxyl groups is 3. The van der Waals surface area contributed by atoms with E-state index in [0.717, 1.165) is 63.4 Å². The molecule has 0 aromatic carbocycles. The van der Waals surface area contributed by atoms with Gasteiger partial charge < -0.3 is 15.3 Å². The average Bonchev–Trinajstić information content (AvgIpc) is 2.81. The minimum Gasteiger partial charge on any atom is -0.390 e. The van der Waals surface area contributed by atoms with Gasteiger partial charge in [-0.2, -0.15) is 0 Å². The highest BCUT2D eigenvalue weighted by atomic mass is 16.3. The van der Waals surface area contributed by atoms with Crippen molar-refractivity contribution in [1.82, 2.24) is 0 Å². The molecule has 3 nitrogen and oxygen atoms in total. The Morgan fingerprint density at radius 3 is 2.03 bits per heavy atom. The number of hydrogen-bond donors (Lipinski definition) is 3. The number of allylic oxidation sites excluding steroid dienone is 3. The second-order valence-corrected chi connectivity index (χ2v) is 14.0. The molecule has 3 N–H and O–H groups in total. The predicted octanol–water partition coefficient (Wildman–Crippen LogP) is 8.44. The molecule has 2 atom stereocenters. The zero-order valence-electron chi connectivity index (χ0n) is 24.5. The van der Waals surface area contributed by atoms with Crippen LogP contribution in [0.2, 0.25) is 0 Å². The van der Waals surface area contributed by atoms with Gasteiger partial charge in [0.25, 0.3) is 0 Å². The van der Waals surface area contributed by atoms with Gasteiger partial charge in [-0.05, 0) is 127 Å². The van der Waals surface area contributed by atoms with E-state index in [1.807, 2.05) is 27.7 Å². The highest BCUT2D eigenvalue weighted by molar-refractivity contribution is 5.37. The summed E-state index contributed by atoms with van der Waals surface area (Å²) in [4.78, 5) is 0. The first kappa shape index (κ1) is 31.3. The minimum atomic E-state index is -0.598. The van der Waals surface area contributed by atoms with Crippen molar-refractivity contribution in [3.63, 3.8) is 0 Å². The van der Waals surface area contributed by atoms with Gasteiger partial charge in [-0.1, -0.05) is 63.8 Å². The molecule has 3 heteroatoms. The van der Waals surface area contributed by atoms with E-state index in [0.29, 0.717) is 17.3 Å². The molecule has 36 heavy (non-hydrogen) atoms. The van der Waals surface area contributed by atoms with Crippen LogP contribution >= 0.6 is 0 Å².